The average molecular weight is 1260 g/mol. The number of hydrogen-bond acceptors (Lipinski definition) is 9. The van der Waals surface area contributed by atoms with Crippen molar-refractivity contribution in [3.8, 4) is 17.2 Å². The molecule has 4 aromatic carbocycles. The van der Waals surface area contributed by atoms with Crippen molar-refractivity contribution < 1.29 is 55.6 Å². The predicted molar refractivity (Wildman–Crippen MR) is 338 cm³/mol. The number of halogens is 2. The van der Waals surface area contributed by atoms with Crippen molar-refractivity contribution in [3.05, 3.63) is 162 Å². The molecule has 0 amide bonds. The summed E-state index contributed by atoms with van der Waals surface area (Å²) in [7, 11) is 10.9. The Bertz CT molecular complexity index is 2610. The van der Waals surface area contributed by atoms with E-state index in [1.165, 1.54) is 47.8 Å². The number of rotatable bonds is 21. The summed E-state index contributed by atoms with van der Waals surface area (Å²) in [6.45, 7) is 44.2. The number of aryl methyl sites for hydroxylation is 3. The zero-order valence-corrected chi connectivity index (χ0v) is 56.3. The number of ether oxygens (including phenoxy) is 5. The van der Waals surface area contributed by atoms with Crippen molar-refractivity contribution in [1.82, 2.24) is 0 Å². The molecule has 10 nitrogen and oxygen atoms in total. The second-order valence-corrected chi connectivity index (χ2v) is 38.8. The van der Waals surface area contributed by atoms with Crippen molar-refractivity contribution in [1.29, 1.82) is 0 Å². The molecule has 4 aromatic rings. The molecule has 0 spiro atoms. The van der Waals surface area contributed by atoms with Gasteiger partial charge in [-0.2, -0.15) is 0 Å². The van der Waals surface area contributed by atoms with Gasteiger partial charge in [-0.3, -0.25) is 9.59 Å². The van der Waals surface area contributed by atoms with Crippen LogP contribution < -0.4 is 14.4 Å². The molecule has 0 aromatic heterocycles. The number of carbonyl (C=O) groups is 2. The van der Waals surface area contributed by atoms with Crippen LogP contribution in [-0.4, -0.2) is 88.8 Å². The number of carbonyl (C=O) groups excluding carboxylic acids is 2. The first-order valence-electron chi connectivity index (χ1n) is 27.6. The van der Waals surface area contributed by atoms with Crippen LogP contribution >= 0.6 is 19.4 Å². The van der Waals surface area contributed by atoms with E-state index in [1.54, 1.807) is 26.4 Å². The largest absolute Gasteiger partial charge is 0.497 e. The van der Waals surface area contributed by atoms with Crippen LogP contribution in [0.2, 0.25) is 36.3 Å². The second-order valence-electron chi connectivity index (χ2n) is 23.6. The Hall–Kier alpha value is -4.14. The number of para-hydroxylation sites is 1. The Morgan fingerprint density at radius 1 is 0.838 bits per heavy atom. The first-order chi connectivity index (χ1) is 37.4. The molecule has 0 saturated carbocycles. The van der Waals surface area contributed by atoms with E-state index in [-0.39, 0.29) is 40.0 Å². The molecule has 6 rings (SSSR count). The quantitative estimate of drug-likeness (QED) is 0.0265. The van der Waals surface area contributed by atoms with E-state index in [0.29, 0.717) is 26.1 Å². The third kappa shape index (κ3) is 23.6. The molecule has 1 aliphatic carbocycles. The minimum absolute atomic E-state index is 0.0142. The Balaban J connectivity index is 0.000000291. The predicted octanol–water partition coefficient (Wildman–Crippen LogP) is 16.6. The van der Waals surface area contributed by atoms with Gasteiger partial charge in [-0.1, -0.05) is 102 Å². The van der Waals surface area contributed by atoms with Gasteiger partial charge in [-0.05, 0) is 116 Å². The van der Waals surface area contributed by atoms with Crippen molar-refractivity contribution >= 4 is 57.9 Å². The van der Waals surface area contributed by atoms with E-state index in [4.69, 9.17) is 47.2 Å². The van der Waals surface area contributed by atoms with Crippen molar-refractivity contribution in [2.75, 3.05) is 25.7 Å². The summed E-state index contributed by atoms with van der Waals surface area (Å²) in [6.07, 6.45) is 8.99. The van der Waals surface area contributed by atoms with Crippen LogP contribution in [-0.2, 0) is 54.6 Å². The Morgan fingerprint density at radius 3 is 1.86 bits per heavy atom. The number of aromatic hydroxyl groups is 1. The molecule has 0 unspecified atom stereocenters. The summed E-state index contributed by atoms with van der Waals surface area (Å²) in [5.41, 5.74) is 8.75. The van der Waals surface area contributed by atoms with Crippen molar-refractivity contribution in [2.24, 2.45) is 0 Å². The number of hydrogen-bond donors (Lipinski definition) is 0. The molecule has 1 saturated heterocycles. The molecule has 1 N–H and O–H groups in total. The van der Waals surface area contributed by atoms with Gasteiger partial charge in [0.2, 0.25) is 0 Å². The van der Waals surface area contributed by atoms with Gasteiger partial charge in [0.05, 0.1) is 51.9 Å². The van der Waals surface area contributed by atoms with Crippen molar-refractivity contribution in [3.63, 3.8) is 0 Å². The third-order valence-electron chi connectivity index (χ3n) is 14.6. The number of ketones is 2. The SMILES string of the molecule is C=CC(=O)[C@H](C[C@@H](C=C)OCc1ccc(OC)cc1)O[Si](C)(C)C(C)(C)C.CC(C)[OH+]c1ccccc1[CH]=[Ru]([Cl])[Cl].COc1ccc(CO[C@@H]2C=CC(=O)[C@@H](O[Si](C)(C)C(C)(C)C)C2)cc1.Cc1cc(C)c(N2[CH+]CCC2)c(C)c1. The standard InChI is InChI=1S/C22H34O4Si.C20H30O4Si.C13H18N.C10H12O.2ClH.Ru/c1-9-18(25-16-17-11-13-19(24-6)14-12-17)15-21(20(23)10-2)26-27(7,8)22(3,4)5;1-20(2,3)25(5,6)24-19-13-17(11-12-18(19)21)23-14-15-7-9-16(22-4)10-8-15;1-10-8-11(2)13(12(3)9-10)14-6-4-5-7-14;1-8(2)11-10-7-5-4-6-9(10)3;;;/h9-14,18,21H,1-2,15-16H2,3-8H3;7-12,17,19H,13-14H2,1-6H3;6,8-9H,4-5,7H2,1-3H3;3-8H,1-2H3;2*1H;/q;;+1;;;;+2/p-1/t18-,21+;17-,19+;;;;;/m11...../s1. The fourth-order valence-electron chi connectivity index (χ4n) is 8.14. The van der Waals surface area contributed by atoms with E-state index in [2.05, 4.69) is 130 Å². The number of anilines is 1. The first kappa shape index (κ1) is 70.1. The van der Waals surface area contributed by atoms with Crippen LogP contribution in [0.15, 0.2) is 122 Å². The number of aliphatic hydroxyl groups is 1. The number of benzene rings is 4. The molecule has 4 atom stereocenters. The maximum atomic E-state index is 12.4. The summed E-state index contributed by atoms with van der Waals surface area (Å²) < 4.78 is 41.3. The topological polar surface area (TPSA) is 106 Å². The first-order valence-corrected chi connectivity index (χ1v) is 38.9. The second kappa shape index (κ2) is 33.2. The van der Waals surface area contributed by atoms with Crippen LogP contribution in [0.1, 0.15) is 114 Å². The molecule has 0 radical (unpaired) electrons. The summed E-state index contributed by atoms with van der Waals surface area (Å²) in [5, 5.41) is 0.0915. The molecule has 2 aliphatic rings. The van der Waals surface area contributed by atoms with Gasteiger partial charge < -0.3 is 27.8 Å². The number of methoxy groups -OCH3 is 2. The molecule has 442 valence electrons. The van der Waals surface area contributed by atoms with Crippen molar-refractivity contribution in [2.45, 2.75) is 182 Å². The maximum Gasteiger partial charge on any atom is 0.193 e. The molecule has 15 heteroatoms. The minimum Gasteiger partial charge on any atom is -0.497 e. The van der Waals surface area contributed by atoms with Gasteiger partial charge in [-0.25, -0.2) is 4.90 Å². The van der Waals surface area contributed by atoms with Crippen LogP contribution in [0.3, 0.4) is 0 Å². The van der Waals surface area contributed by atoms with Gasteiger partial charge in [0.1, 0.15) is 30.1 Å². The van der Waals surface area contributed by atoms with Gasteiger partial charge in [0, 0.05) is 19.3 Å². The average Bonchev–Trinajstić information content (AvgIpc) is 3.92. The van der Waals surface area contributed by atoms with Crippen LogP contribution in [0.5, 0.6) is 17.2 Å². The molecule has 1 fully saturated rings. The Labute approximate surface area is 497 Å². The monoisotopic (exact) mass is 1260 g/mol. The molecule has 1 aliphatic heterocycles. The summed E-state index contributed by atoms with van der Waals surface area (Å²) in [5.74, 6) is 2.55. The maximum absolute atomic E-state index is 12.4. The van der Waals surface area contributed by atoms with E-state index in [1.807, 2.05) is 97.3 Å². The minimum atomic E-state index is -2.10. The zero-order chi connectivity index (χ0) is 60.0. The van der Waals surface area contributed by atoms with E-state index < -0.39 is 42.4 Å². The van der Waals surface area contributed by atoms with Crippen LogP contribution in [0, 0.1) is 27.3 Å². The number of nitrogens with zero attached hydrogens (tertiary/aromatic N) is 1. The van der Waals surface area contributed by atoms with Gasteiger partial charge in [0.15, 0.2) is 34.7 Å². The molecule has 0 bridgehead atoms. The third-order valence-corrected chi connectivity index (χ3v) is 25.4. The fourth-order valence-corrected chi connectivity index (χ4v) is 12.5. The smallest absolute Gasteiger partial charge is 0.193 e. The summed E-state index contributed by atoms with van der Waals surface area (Å²) in [4.78, 5) is 27.0. The van der Waals surface area contributed by atoms with E-state index in [9.17, 15) is 9.59 Å². The molecular weight excluding hydrogens is 1170 g/mol. The van der Waals surface area contributed by atoms with Gasteiger partial charge >= 0.3 is 97.8 Å². The normalized spacial score (nSPS) is 16.3. The summed E-state index contributed by atoms with van der Waals surface area (Å²) >= 11 is -1.75. The Morgan fingerprint density at radius 2 is 1.39 bits per heavy atom. The fraction of sp³-hybridized carbons (Fsp3) is 0.477. The van der Waals surface area contributed by atoms with Gasteiger partial charge in [-0.15, -0.1) is 6.58 Å². The molecule has 80 heavy (non-hydrogen) atoms. The molecule has 1 heterocycles. The summed E-state index contributed by atoms with van der Waals surface area (Å²) in [6, 6.07) is 28.0. The van der Waals surface area contributed by atoms with Crippen LogP contribution in [0.25, 0.3) is 0 Å². The van der Waals surface area contributed by atoms with Gasteiger partial charge in [0.25, 0.3) is 0 Å². The van der Waals surface area contributed by atoms with Crippen LogP contribution in [0.4, 0.5) is 5.69 Å². The van der Waals surface area contributed by atoms with E-state index >= 15 is 0 Å². The molecular formula is C65H95Cl2NO9RuSi2+2. The zero-order valence-electron chi connectivity index (χ0n) is 51.1. The Kier molecular flexibility index (Phi) is 29.1. The van der Waals surface area contributed by atoms with E-state index in [0.717, 1.165) is 33.9 Å².